The number of halogens is 2. The van der Waals surface area contributed by atoms with E-state index in [1.807, 2.05) is 6.07 Å². The van der Waals surface area contributed by atoms with Crippen molar-refractivity contribution in [1.82, 2.24) is 10.2 Å². The van der Waals surface area contributed by atoms with E-state index in [4.69, 9.17) is 0 Å². The maximum atomic E-state index is 12.6. The molecular formula is C15H22F2N2. The predicted octanol–water partition coefficient (Wildman–Crippen LogP) is 3.20. The molecule has 0 bridgehead atoms. The predicted molar refractivity (Wildman–Crippen MR) is 73.4 cm³/mol. The fourth-order valence-corrected chi connectivity index (χ4v) is 2.65. The highest BCUT2D eigenvalue weighted by atomic mass is 19.3. The number of benzene rings is 1. The Balaban J connectivity index is 1.87. The van der Waals surface area contributed by atoms with Gasteiger partial charge in [-0.25, -0.2) is 8.78 Å². The van der Waals surface area contributed by atoms with Gasteiger partial charge in [-0.15, -0.1) is 0 Å². The van der Waals surface area contributed by atoms with Gasteiger partial charge in [0, 0.05) is 24.2 Å². The molecule has 0 radical (unpaired) electrons. The molecule has 1 aromatic carbocycles. The van der Waals surface area contributed by atoms with Gasteiger partial charge in [-0.1, -0.05) is 18.2 Å². The van der Waals surface area contributed by atoms with Gasteiger partial charge in [0.25, 0.3) is 6.43 Å². The third-order valence-electron chi connectivity index (χ3n) is 4.22. The van der Waals surface area contributed by atoms with Crippen molar-refractivity contribution in [3.63, 3.8) is 0 Å². The fraction of sp³-hybridized carbons (Fsp3) is 0.600. The zero-order chi connectivity index (χ0) is 13.9. The van der Waals surface area contributed by atoms with Crippen LogP contribution in [0.3, 0.4) is 0 Å². The van der Waals surface area contributed by atoms with Gasteiger partial charge in [-0.2, -0.15) is 0 Å². The number of likely N-dealkylation sites (N-methyl/N-ethyl adjacent to an activating group) is 1. The summed E-state index contributed by atoms with van der Waals surface area (Å²) in [4.78, 5) is 2.28. The van der Waals surface area contributed by atoms with Crippen LogP contribution in [0.1, 0.15) is 36.8 Å². The summed E-state index contributed by atoms with van der Waals surface area (Å²) in [6.45, 7) is 1.56. The summed E-state index contributed by atoms with van der Waals surface area (Å²) in [5.41, 5.74) is 1.29. The average Bonchev–Trinajstić information content (AvgIpc) is 2.32. The minimum atomic E-state index is -2.39. The zero-order valence-corrected chi connectivity index (χ0v) is 11.6. The van der Waals surface area contributed by atoms with Crippen molar-refractivity contribution in [2.24, 2.45) is 0 Å². The van der Waals surface area contributed by atoms with Crippen molar-refractivity contribution in [3.05, 3.63) is 35.4 Å². The molecule has 1 fully saturated rings. The molecular weight excluding hydrogens is 246 g/mol. The molecule has 0 amide bonds. The lowest BCUT2D eigenvalue weighted by atomic mass is 9.75. The molecule has 0 unspecified atom stereocenters. The zero-order valence-electron chi connectivity index (χ0n) is 11.6. The number of nitrogens with one attached hydrogen (secondary N) is 1. The molecule has 1 aliphatic rings. The van der Waals surface area contributed by atoms with Gasteiger partial charge in [-0.05, 0) is 45.0 Å². The largest absolute Gasteiger partial charge is 0.311 e. The van der Waals surface area contributed by atoms with Crippen molar-refractivity contribution in [3.8, 4) is 0 Å². The molecule has 0 heterocycles. The summed E-state index contributed by atoms with van der Waals surface area (Å²) in [6, 6.07) is 6.65. The van der Waals surface area contributed by atoms with Crippen LogP contribution in [-0.4, -0.2) is 31.1 Å². The van der Waals surface area contributed by atoms with Crippen molar-refractivity contribution < 1.29 is 8.78 Å². The molecule has 1 saturated carbocycles. The van der Waals surface area contributed by atoms with Gasteiger partial charge in [0.2, 0.25) is 0 Å². The van der Waals surface area contributed by atoms with Crippen molar-refractivity contribution >= 4 is 0 Å². The van der Waals surface area contributed by atoms with E-state index < -0.39 is 6.43 Å². The van der Waals surface area contributed by atoms with E-state index in [9.17, 15) is 8.78 Å². The Morgan fingerprint density at radius 1 is 1.32 bits per heavy atom. The smallest absolute Gasteiger partial charge is 0.263 e. The van der Waals surface area contributed by atoms with E-state index in [0.717, 1.165) is 12.1 Å². The second-order valence-corrected chi connectivity index (χ2v) is 5.62. The maximum Gasteiger partial charge on any atom is 0.263 e. The Labute approximate surface area is 113 Å². The Morgan fingerprint density at radius 3 is 2.58 bits per heavy atom. The molecule has 106 valence electrons. The Hall–Kier alpha value is -1.00. The van der Waals surface area contributed by atoms with E-state index in [0.29, 0.717) is 6.54 Å². The first-order valence-corrected chi connectivity index (χ1v) is 6.79. The normalized spacial score (nSPS) is 17.8. The van der Waals surface area contributed by atoms with Crippen LogP contribution in [0.5, 0.6) is 0 Å². The summed E-state index contributed by atoms with van der Waals surface area (Å²) < 4.78 is 25.2. The summed E-state index contributed by atoms with van der Waals surface area (Å²) in [5.74, 6) is 0. The highest BCUT2D eigenvalue weighted by molar-refractivity contribution is 5.24. The highest BCUT2D eigenvalue weighted by Crippen LogP contribution is 2.35. The lowest BCUT2D eigenvalue weighted by molar-refractivity contribution is 0.0598. The molecule has 0 saturated heterocycles. The molecule has 0 aromatic heterocycles. The molecule has 0 aliphatic heterocycles. The molecule has 2 nitrogen and oxygen atoms in total. The van der Waals surface area contributed by atoms with Crippen LogP contribution in [0.2, 0.25) is 0 Å². The summed E-state index contributed by atoms with van der Waals surface area (Å²) >= 11 is 0. The van der Waals surface area contributed by atoms with E-state index in [1.165, 1.54) is 25.3 Å². The van der Waals surface area contributed by atoms with Crippen LogP contribution < -0.4 is 5.32 Å². The van der Waals surface area contributed by atoms with Gasteiger partial charge in [0.15, 0.2) is 0 Å². The van der Waals surface area contributed by atoms with Crippen molar-refractivity contribution in [2.45, 2.75) is 37.8 Å². The maximum absolute atomic E-state index is 12.6. The Morgan fingerprint density at radius 2 is 2.05 bits per heavy atom. The molecule has 0 spiro atoms. The SMILES string of the molecule is CN(C)C1(CNCc2cccc(C(F)F)c2)CCC1. The standard InChI is InChI=1S/C15H22F2N2/c1-19(2)15(7-4-8-15)11-18-10-12-5-3-6-13(9-12)14(16)17/h3,5-6,9,14,18H,4,7-8,10-11H2,1-2H3. The van der Waals surface area contributed by atoms with Crippen LogP contribution in [0.4, 0.5) is 8.78 Å². The minimum Gasteiger partial charge on any atom is -0.311 e. The van der Waals surface area contributed by atoms with Crippen molar-refractivity contribution in [2.75, 3.05) is 20.6 Å². The van der Waals surface area contributed by atoms with Crippen LogP contribution in [0.25, 0.3) is 0 Å². The Kier molecular flexibility index (Phi) is 4.53. The molecule has 19 heavy (non-hydrogen) atoms. The topological polar surface area (TPSA) is 15.3 Å². The first kappa shape index (κ1) is 14.4. The lowest BCUT2D eigenvalue weighted by Crippen LogP contribution is -2.56. The number of rotatable bonds is 6. The average molecular weight is 268 g/mol. The summed E-state index contributed by atoms with van der Waals surface area (Å²) in [7, 11) is 4.22. The molecule has 2 rings (SSSR count). The molecule has 0 atom stereocenters. The second kappa shape index (κ2) is 5.97. The van der Waals surface area contributed by atoms with Gasteiger partial charge in [0.1, 0.15) is 0 Å². The number of hydrogen-bond acceptors (Lipinski definition) is 2. The van der Waals surface area contributed by atoms with E-state index in [2.05, 4.69) is 24.3 Å². The van der Waals surface area contributed by atoms with Crippen molar-refractivity contribution in [1.29, 1.82) is 0 Å². The van der Waals surface area contributed by atoms with Gasteiger partial charge in [0.05, 0.1) is 0 Å². The molecule has 4 heteroatoms. The first-order valence-electron chi connectivity index (χ1n) is 6.79. The van der Waals surface area contributed by atoms with Crippen LogP contribution in [-0.2, 0) is 6.54 Å². The Bertz CT molecular complexity index is 414. The number of nitrogens with zero attached hydrogens (tertiary/aromatic N) is 1. The molecule has 1 aromatic rings. The molecule has 1 aliphatic carbocycles. The number of hydrogen-bond donors (Lipinski definition) is 1. The van der Waals surface area contributed by atoms with Crippen LogP contribution in [0, 0.1) is 0 Å². The van der Waals surface area contributed by atoms with E-state index in [1.54, 1.807) is 12.1 Å². The van der Waals surface area contributed by atoms with E-state index >= 15 is 0 Å². The fourth-order valence-electron chi connectivity index (χ4n) is 2.65. The lowest BCUT2D eigenvalue weighted by Gasteiger charge is -2.47. The van der Waals surface area contributed by atoms with Gasteiger partial charge < -0.3 is 10.2 Å². The first-order chi connectivity index (χ1) is 9.03. The number of alkyl halides is 2. The third-order valence-corrected chi connectivity index (χ3v) is 4.22. The minimum absolute atomic E-state index is 0.102. The quantitative estimate of drug-likeness (QED) is 0.852. The molecule has 1 N–H and O–H groups in total. The van der Waals surface area contributed by atoms with Crippen LogP contribution >= 0.6 is 0 Å². The van der Waals surface area contributed by atoms with Gasteiger partial charge >= 0.3 is 0 Å². The third kappa shape index (κ3) is 3.31. The monoisotopic (exact) mass is 268 g/mol. The second-order valence-electron chi connectivity index (χ2n) is 5.62. The summed E-state index contributed by atoms with van der Waals surface area (Å²) in [5, 5.41) is 3.41. The summed E-state index contributed by atoms with van der Waals surface area (Å²) in [6.07, 6.45) is 1.31. The van der Waals surface area contributed by atoms with Crippen LogP contribution in [0.15, 0.2) is 24.3 Å². The van der Waals surface area contributed by atoms with Gasteiger partial charge in [-0.3, -0.25) is 0 Å². The van der Waals surface area contributed by atoms with E-state index in [-0.39, 0.29) is 11.1 Å². The highest BCUT2D eigenvalue weighted by Gasteiger charge is 2.38.